The largest absolute Gasteiger partial charge is 0.495 e. The summed E-state index contributed by atoms with van der Waals surface area (Å²) in [5, 5.41) is 4.67. The van der Waals surface area contributed by atoms with Crippen molar-refractivity contribution in [2.45, 2.75) is 25.9 Å². The van der Waals surface area contributed by atoms with Gasteiger partial charge in [-0.05, 0) is 43.7 Å². The predicted octanol–water partition coefficient (Wildman–Crippen LogP) is 3.29. The molecular weight excluding hydrogens is 374 g/mol. The van der Waals surface area contributed by atoms with E-state index in [0.29, 0.717) is 23.5 Å². The van der Waals surface area contributed by atoms with Crippen LogP contribution in [0.1, 0.15) is 19.4 Å². The highest BCUT2D eigenvalue weighted by atomic mass is 32.2. The van der Waals surface area contributed by atoms with Crippen molar-refractivity contribution < 1.29 is 13.2 Å². The Balaban J connectivity index is 1.83. The molecule has 28 heavy (non-hydrogen) atoms. The van der Waals surface area contributed by atoms with Crippen molar-refractivity contribution in [3.63, 3.8) is 0 Å². The van der Waals surface area contributed by atoms with Gasteiger partial charge in [-0.2, -0.15) is 0 Å². The van der Waals surface area contributed by atoms with Crippen LogP contribution < -0.4 is 19.7 Å². The van der Waals surface area contributed by atoms with E-state index < -0.39 is 10.0 Å². The molecule has 1 heterocycles. The number of rotatable bonds is 6. The normalized spacial score (nSPS) is 20.3. The number of anilines is 2. The lowest BCUT2D eigenvalue weighted by atomic mass is 10.1. The second-order valence-corrected chi connectivity index (χ2v) is 8.69. The number of sulfonamides is 1. The summed E-state index contributed by atoms with van der Waals surface area (Å²) >= 11 is 0. The van der Waals surface area contributed by atoms with Crippen molar-refractivity contribution in [1.82, 2.24) is 5.32 Å². The van der Waals surface area contributed by atoms with E-state index in [-0.39, 0.29) is 0 Å². The van der Waals surface area contributed by atoms with Crippen LogP contribution in [-0.2, 0) is 10.0 Å². The number of piperazine rings is 1. The number of nitrogens with zero attached hydrogens (tertiary/aromatic N) is 1. The van der Waals surface area contributed by atoms with E-state index in [2.05, 4.69) is 28.8 Å². The topological polar surface area (TPSA) is 70.7 Å². The van der Waals surface area contributed by atoms with Gasteiger partial charge in [-0.1, -0.05) is 30.3 Å². The second-order valence-electron chi connectivity index (χ2n) is 7.12. The third-order valence-electron chi connectivity index (χ3n) is 4.60. The maximum absolute atomic E-state index is 12.6. The highest BCUT2D eigenvalue weighted by molar-refractivity contribution is 7.95. The molecule has 0 aliphatic carbocycles. The molecule has 1 aliphatic rings. The monoisotopic (exact) mass is 401 g/mol. The minimum atomic E-state index is -3.68. The number of benzene rings is 2. The first kappa shape index (κ1) is 20.2. The van der Waals surface area contributed by atoms with E-state index in [1.807, 2.05) is 42.5 Å². The van der Waals surface area contributed by atoms with Gasteiger partial charge in [0.15, 0.2) is 0 Å². The second kappa shape index (κ2) is 8.67. The Labute approximate surface area is 167 Å². The Morgan fingerprint density at radius 2 is 1.79 bits per heavy atom. The van der Waals surface area contributed by atoms with E-state index >= 15 is 0 Å². The average Bonchev–Trinajstić information content (AvgIpc) is 2.66. The van der Waals surface area contributed by atoms with Crippen molar-refractivity contribution in [3.8, 4) is 5.75 Å². The van der Waals surface area contributed by atoms with Gasteiger partial charge in [-0.15, -0.1) is 0 Å². The maximum atomic E-state index is 12.6. The molecule has 150 valence electrons. The molecule has 3 rings (SSSR count). The lowest BCUT2D eigenvalue weighted by molar-refractivity contribution is 0.406. The van der Waals surface area contributed by atoms with Crippen LogP contribution in [0, 0.1) is 0 Å². The molecule has 6 nitrogen and oxygen atoms in total. The smallest absolute Gasteiger partial charge is 0.255 e. The van der Waals surface area contributed by atoms with Gasteiger partial charge in [0.2, 0.25) is 0 Å². The summed E-state index contributed by atoms with van der Waals surface area (Å²) in [6.45, 7) is 6.00. The Kier molecular flexibility index (Phi) is 6.26. The first-order valence-corrected chi connectivity index (χ1v) is 10.9. The van der Waals surface area contributed by atoms with Crippen molar-refractivity contribution >= 4 is 27.5 Å². The van der Waals surface area contributed by atoms with Gasteiger partial charge in [0, 0.05) is 30.9 Å². The molecule has 1 fully saturated rings. The van der Waals surface area contributed by atoms with Gasteiger partial charge < -0.3 is 15.0 Å². The Hall–Kier alpha value is -2.51. The van der Waals surface area contributed by atoms with Gasteiger partial charge in [-0.25, -0.2) is 8.42 Å². The maximum Gasteiger partial charge on any atom is 0.255 e. The summed E-state index contributed by atoms with van der Waals surface area (Å²) < 4.78 is 33.1. The van der Waals surface area contributed by atoms with Crippen molar-refractivity contribution in [2.75, 3.05) is 29.8 Å². The molecule has 0 bridgehead atoms. The van der Waals surface area contributed by atoms with Crippen LogP contribution in [0.4, 0.5) is 11.4 Å². The first-order valence-electron chi connectivity index (χ1n) is 9.31. The summed E-state index contributed by atoms with van der Waals surface area (Å²) in [4.78, 5) is 2.25. The zero-order valence-corrected chi connectivity index (χ0v) is 17.2. The molecular formula is C21H27N3O3S. The molecule has 7 heteroatoms. The van der Waals surface area contributed by atoms with Gasteiger partial charge in [0.25, 0.3) is 10.0 Å². The minimum absolute atomic E-state index is 0.361. The van der Waals surface area contributed by atoms with Crippen LogP contribution in [-0.4, -0.2) is 40.7 Å². The number of ether oxygens (including phenoxy) is 1. The summed E-state index contributed by atoms with van der Waals surface area (Å²) in [6.07, 6.45) is 1.57. The zero-order chi connectivity index (χ0) is 20.1. The summed E-state index contributed by atoms with van der Waals surface area (Å²) in [5.41, 5.74) is 2.21. The fourth-order valence-corrected chi connectivity index (χ4v) is 4.30. The van der Waals surface area contributed by atoms with Gasteiger partial charge >= 0.3 is 0 Å². The molecule has 0 aromatic heterocycles. The Morgan fingerprint density at radius 1 is 1.11 bits per heavy atom. The highest BCUT2D eigenvalue weighted by Crippen LogP contribution is 2.31. The van der Waals surface area contributed by atoms with Gasteiger partial charge in [0.05, 0.1) is 18.2 Å². The van der Waals surface area contributed by atoms with E-state index in [4.69, 9.17) is 4.74 Å². The molecule has 0 amide bonds. The summed E-state index contributed by atoms with van der Waals surface area (Å²) in [7, 11) is -2.15. The minimum Gasteiger partial charge on any atom is -0.495 e. The molecule has 0 saturated carbocycles. The van der Waals surface area contributed by atoms with E-state index in [9.17, 15) is 8.42 Å². The highest BCUT2D eigenvalue weighted by Gasteiger charge is 2.22. The van der Waals surface area contributed by atoms with E-state index in [0.717, 1.165) is 24.3 Å². The lowest BCUT2D eigenvalue weighted by Crippen LogP contribution is -2.54. The van der Waals surface area contributed by atoms with Crippen LogP contribution in [0.5, 0.6) is 5.75 Å². The number of hydrogen-bond donors (Lipinski definition) is 2. The molecule has 0 radical (unpaired) electrons. The van der Waals surface area contributed by atoms with Crippen molar-refractivity contribution in [2.24, 2.45) is 0 Å². The number of nitrogens with one attached hydrogen (secondary N) is 2. The quantitative estimate of drug-likeness (QED) is 0.777. The third kappa shape index (κ3) is 5.27. The molecule has 0 unspecified atom stereocenters. The Bertz CT molecular complexity index is 919. The van der Waals surface area contributed by atoms with Crippen LogP contribution in [0.2, 0.25) is 0 Å². The first-order chi connectivity index (χ1) is 13.4. The van der Waals surface area contributed by atoms with Gasteiger partial charge in [-0.3, -0.25) is 4.72 Å². The fourth-order valence-electron chi connectivity index (χ4n) is 3.43. The molecule has 2 aromatic rings. The molecule has 1 aliphatic heterocycles. The molecule has 2 atom stereocenters. The SMILES string of the molecule is COc1ccc(N2C[C@@H](C)N[C@@H](C)C2)cc1NS(=O)(=O)/C=C/c1ccccc1. The average molecular weight is 402 g/mol. The number of hydrogen-bond acceptors (Lipinski definition) is 5. The van der Waals surface area contributed by atoms with E-state index in [1.54, 1.807) is 12.1 Å². The zero-order valence-electron chi connectivity index (χ0n) is 16.4. The van der Waals surface area contributed by atoms with Crippen molar-refractivity contribution in [3.05, 3.63) is 59.5 Å². The van der Waals surface area contributed by atoms with Gasteiger partial charge in [0.1, 0.15) is 5.75 Å². The summed E-state index contributed by atoms with van der Waals surface area (Å²) in [6, 6.07) is 15.6. The third-order valence-corrected chi connectivity index (χ3v) is 5.60. The lowest BCUT2D eigenvalue weighted by Gasteiger charge is -2.37. The predicted molar refractivity (Wildman–Crippen MR) is 115 cm³/mol. The molecule has 2 N–H and O–H groups in total. The molecule has 2 aromatic carbocycles. The number of methoxy groups -OCH3 is 1. The van der Waals surface area contributed by atoms with Crippen LogP contribution in [0.15, 0.2) is 53.9 Å². The van der Waals surface area contributed by atoms with E-state index in [1.165, 1.54) is 12.5 Å². The Morgan fingerprint density at radius 3 is 2.43 bits per heavy atom. The van der Waals surface area contributed by atoms with Crippen LogP contribution in [0.3, 0.4) is 0 Å². The molecule has 1 saturated heterocycles. The fraction of sp³-hybridized carbons (Fsp3) is 0.333. The standard InChI is InChI=1S/C21H27N3O3S/c1-16-14-24(15-17(2)22-16)19-9-10-21(27-3)20(13-19)23-28(25,26)12-11-18-7-5-4-6-8-18/h4-13,16-17,22-23H,14-15H2,1-3H3/b12-11+/t16-,17+. The van der Waals surface area contributed by atoms with Crippen LogP contribution >= 0.6 is 0 Å². The van der Waals surface area contributed by atoms with Crippen LogP contribution in [0.25, 0.3) is 6.08 Å². The molecule has 0 spiro atoms. The summed E-state index contributed by atoms with van der Waals surface area (Å²) in [5.74, 6) is 0.483. The van der Waals surface area contributed by atoms with Crippen molar-refractivity contribution in [1.29, 1.82) is 0 Å².